The maximum absolute atomic E-state index is 12.0. The number of rotatable bonds is 4. The second kappa shape index (κ2) is 6.52. The number of nitro groups is 1. The van der Waals surface area contributed by atoms with E-state index >= 15 is 0 Å². The van der Waals surface area contributed by atoms with Crippen LogP contribution in [0.5, 0.6) is 0 Å². The molecule has 1 fully saturated rings. The van der Waals surface area contributed by atoms with Crippen molar-refractivity contribution in [1.29, 1.82) is 0 Å². The lowest BCUT2D eigenvalue weighted by Crippen LogP contribution is -2.55. The van der Waals surface area contributed by atoms with Crippen LogP contribution in [0.3, 0.4) is 0 Å². The summed E-state index contributed by atoms with van der Waals surface area (Å²) in [7, 11) is 1.74. The van der Waals surface area contributed by atoms with E-state index in [1.165, 1.54) is 24.3 Å². The largest absolute Gasteiger partial charge is 0.343 e. The lowest BCUT2D eigenvalue weighted by molar-refractivity contribution is -0.384. The Hall–Kier alpha value is -2.48. The Morgan fingerprint density at radius 2 is 2.00 bits per heavy atom. The first-order valence-corrected chi connectivity index (χ1v) is 6.92. The van der Waals surface area contributed by atoms with Gasteiger partial charge in [0, 0.05) is 38.0 Å². The molecule has 1 aromatic rings. The number of hydrogen-bond acceptors (Lipinski definition) is 5. The topological polar surface area (TPSA) is 95.8 Å². The summed E-state index contributed by atoms with van der Waals surface area (Å²) in [6.07, 6.45) is 0. The molecule has 0 radical (unpaired) electrons. The first-order valence-electron chi connectivity index (χ1n) is 6.92. The van der Waals surface area contributed by atoms with Crippen LogP contribution >= 0.6 is 0 Å². The number of nitro benzene ring substituents is 1. The van der Waals surface area contributed by atoms with Crippen LogP contribution in [-0.2, 0) is 9.59 Å². The Morgan fingerprint density at radius 3 is 2.59 bits per heavy atom. The summed E-state index contributed by atoms with van der Waals surface area (Å²) in [4.78, 5) is 37.4. The Balaban J connectivity index is 1.92. The van der Waals surface area contributed by atoms with Crippen molar-refractivity contribution in [1.82, 2.24) is 9.80 Å². The SMILES string of the molecule is C[C@@H]1C(=O)N(C)CCN1CC(=O)Nc1ccc([N+](=O)[O-])cc1. The van der Waals surface area contributed by atoms with Crippen LogP contribution < -0.4 is 5.32 Å². The van der Waals surface area contributed by atoms with Gasteiger partial charge in [-0.2, -0.15) is 0 Å². The highest BCUT2D eigenvalue weighted by molar-refractivity contribution is 5.93. The smallest absolute Gasteiger partial charge is 0.269 e. The van der Waals surface area contributed by atoms with Crippen LogP contribution in [0.15, 0.2) is 24.3 Å². The van der Waals surface area contributed by atoms with E-state index in [2.05, 4.69) is 5.32 Å². The summed E-state index contributed by atoms with van der Waals surface area (Å²) >= 11 is 0. The van der Waals surface area contributed by atoms with Crippen molar-refractivity contribution in [2.45, 2.75) is 13.0 Å². The molecule has 0 aromatic heterocycles. The van der Waals surface area contributed by atoms with Gasteiger partial charge in [0.25, 0.3) is 5.69 Å². The van der Waals surface area contributed by atoms with Gasteiger partial charge in [-0.15, -0.1) is 0 Å². The van der Waals surface area contributed by atoms with E-state index in [9.17, 15) is 19.7 Å². The summed E-state index contributed by atoms with van der Waals surface area (Å²) in [5, 5.41) is 13.2. The fourth-order valence-corrected chi connectivity index (χ4v) is 2.32. The first-order chi connectivity index (χ1) is 10.4. The average molecular weight is 306 g/mol. The van der Waals surface area contributed by atoms with E-state index < -0.39 is 4.92 Å². The van der Waals surface area contributed by atoms with Gasteiger partial charge >= 0.3 is 0 Å². The van der Waals surface area contributed by atoms with Crippen LogP contribution in [0, 0.1) is 10.1 Å². The molecule has 0 aliphatic carbocycles. The van der Waals surface area contributed by atoms with Crippen LogP contribution in [0.25, 0.3) is 0 Å². The number of piperazine rings is 1. The summed E-state index contributed by atoms with van der Waals surface area (Å²) in [6, 6.07) is 5.29. The lowest BCUT2D eigenvalue weighted by Gasteiger charge is -2.36. The van der Waals surface area contributed by atoms with Gasteiger partial charge in [0.1, 0.15) is 0 Å². The number of non-ortho nitro benzene ring substituents is 1. The van der Waals surface area contributed by atoms with E-state index in [4.69, 9.17) is 0 Å². The Bertz CT molecular complexity index is 587. The number of benzene rings is 1. The molecule has 0 saturated carbocycles. The number of anilines is 1. The Morgan fingerprint density at radius 1 is 1.36 bits per heavy atom. The van der Waals surface area contributed by atoms with Gasteiger partial charge in [-0.3, -0.25) is 24.6 Å². The number of nitrogens with one attached hydrogen (secondary N) is 1. The number of carbonyl (C=O) groups excluding carboxylic acids is 2. The summed E-state index contributed by atoms with van der Waals surface area (Å²) < 4.78 is 0. The predicted octanol–water partition coefficient (Wildman–Crippen LogP) is 0.696. The molecule has 8 heteroatoms. The molecule has 8 nitrogen and oxygen atoms in total. The quantitative estimate of drug-likeness (QED) is 0.652. The molecule has 0 unspecified atom stereocenters. The van der Waals surface area contributed by atoms with Crippen molar-refractivity contribution < 1.29 is 14.5 Å². The summed E-state index contributed by atoms with van der Waals surface area (Å²) in [5.41, 5.74) is 0.458. The monoisotopic (exact) mass is 306 g/mol. The normalized spacial score (nSPS) is 19.1. The number of amides is 2. The van der Waals surface area contributed by atoms with Crippen LogP contribution in [0.1, 0.15) is 6.92 Å². The van der Waals surface area contributed by atoms with E-state index in [0.717, 1.165) is 0 Å². The van der Waals surface area contributed by atoms with Gasteiger partial charge in [0.2, 0.25) is 11.8 Å². The van der Waals surface area contributed by atoms with Crippen molar-refractivity contribution in [3.05, 3.63) is 34.4 Å². The minimum absolute atomic E-state index is 0.00520. The average Bonchev–Trinajstić information content (AvgIpc) is 2.48. The van der Waals surface area contributed by atoms with Crippen LogP contribution in [-0.4, -0.2) is 59.3 Å². The zero-order chi connectivity index (χ0) is 16.3. The maximum atomic E-state index is 12.0. The van der Waals surface area contributed by atoms with Gasteiger partial charge in [0.05, 0.1) is 17.5 Å². The van der Waals surface area contributed by atoms with Gasteiger partial charge in [0.15, 0.2) is 0 Å². The standard InChI is InChI=1S/C14H18N4O4/c1-10-14(20)16(2)7-8-17(10)9-13(19)15-11-3-5-12(6-4-11)18(21)22/h3-6,10H,7-9H2,1-2H3,(H,15,19)/t10-/m1/s1. The zero-order valence-electron chi connectivity index (χ0n) is 12.5. The molecule has 0 bridgehead atoms. The molecule has 1 heterocycles. The van der Waals surface area contributed by atoms with Crippen molar-refractivity contribution in [3.63, 3.8) is 0 Å². The van der Waals surface area contributed by atoms with Gasteiger partial charge < -0.3 is 10.2 Å². The van der Waals surface area contributed by atoms with Gasteiger partial charge in [-0.25, -0.2) is 0 Å². The van der Waals surface area contributed by atoms with Gasteiger partial charge in [-0.05, 0) is 19.1 Å². The minimum atomic E-state index is -0.497. The van der Waals surface area contributed by atoms with Crippen LogP contribution in [0.2, 0.25) is 0 Å². The molecule has 2 rings (SSSR count). The highest BCUT2D eigenvalue weighted by atomic mass is 16.6. The first kappa shape index (κ1) is 15.9. The number of carbonyl (C=O) groups is 2. The maximum Gasteiger partial charge on any atom is 0.269 e. The third-order valence-corrected chi connectivity index (χ3v) is 3.71. The van der Waals surface area contributed by atoms with E-state index in [0.29, 0.717) is 18.8 Å². The summed E-state index contributed by atoms with van der Waals surface area (Å²) in [5.74, 6) is -0.257. The van der Waals surface area contributed by atoms with E-state index in [1.54, 1.807) is 18.9 Å². The fourth-order valence-electron chi connectivity index (χ4n) is 2.32. The van der Waals surface area contributed by atoms with Crippen molar-refractivity contribution >= 4 is 23.2 Å². The molecule has 118 valence electrons. The molecule has 2 amide bonds. The molecule has 1 saturated heterocycles. The second-order valence-corrected chi connectivity index (χ2v) is 5.26. The van der Waals surface area contributed by atoms with Crippen molar-refractivity contribution in [3.8, 4) is 0 Å². The molecular formula is C14H18N4O4. The fraction of sp³-hybridized carbons (Fsp3) is 0.429. The molecule has 22 heavy (non-hydrogen) atoms. The number of hydrogen-bond donors (Lipinski definition) is 1. The molecule has 1 aliphatic rings. The lowest BCUT2D eigenvalue weighted by atomic mass is 10.2. The number of likely N-dealkylation sites (N-methyl/N-ethyl adjacent to an activating group) is 1. The highest BCUT2D eigenvalue weighted by Gasteiger charge is 2.30. The zero-order valence-corrected chi connectivity index (χ0v) is 12.5. The van der Waals surface area contributed by atoms with E-state index in [1.807, 2.05) is 4.90 Å². The molecule has 1 aromatic carbocycles. The molecular weight excluding hydrogens is 288 g/mol. The molecule has 1 atom stereocenters. The van der Waals surface area contributed by atoms with Gasteiger partial charge in [-0.1, -0.05) is 0 Å². The Labute approximate surface area is 127 Å². The van der Waals surface area contributed by atoms with E-state index in [-0.39, 0.29) is 30.1 Å². The van der Waals surface area contributed by atoms with Crippen molar-refractivity contribution in [2.24, 2.45) is 0 Å². The molecule has 1 N–H and O–H groups in total. The molecule has 1 aliphatic heterocycles. The van der Waals surface area contributed by atoms with Crippen LogP contribution in [0.4, 0.5) is 11.4 Å². The predicted molar refractivity (Wildman–Crippen MR) is 80.4 cm³/mol. The minimum Gasteiger partial charge on any atom is -0.343 e. The van der Waals surface area contributed by atoms with Crippen molar-refractivity contribution in [2.75, 3.05) is 32.0 Å². The third kappa shape index (κ3) is 3.59. The molecule has 0 spiro atoms. The summed E-state index contributed by atoms with van der Waals surface area (Å²) in [6.45, 7) is 3.11. The Kier molecular flexibility index (Phi) is 4.71. The number of nitrogens with zero attached hydrogens (tertiary/aromatic N) is 3. The third-order valence-electron chi connectivity index (χ3n) is 3.71. The highest BCUT2D eigenvalue weighted by Crippen LogP contribution is 2.16. The second-order valence-electron chi connectivity index (χ2n) is 5.26.